The lowest BCUT2D eigenvalue weighted by Gasteiger charge is -2.28. The van der Waals surface area contributed by atoms with Gasteiger partial charge in [-0.25, -0.2) is 0 Å². The monoisotopic (exact) mass is 248 g/mol. The van der Waals surface area contributed by atoms with Gasteiger partial charge in [0.25, 0.3) is 0 Å². The maximum atomic E-state index is 6.09. The van der Waals surface area contributed by atoms with Crippen molar-refractivity contribution in [1.82, 2.24) is 0 Å². The summed E-state index contributed by atoms with van der Waals surface area (Å²) in [6.07, 6.45) is 0. The zero-order valence-electron chi connectivity index (χ0n) is 11.9. The third kappa shape index (κ3) is 3.26. The van der Waals surface area contributed by atoms with Crippen molar-refractivity contribution in [3.05, 3.63) is 35.9 Å². The second-order valence-electron chi connectivity index (χ2n) is 4.65. The van der Waals surface area contributed by atoms with Crippen LogP contribution in [0.5, 0.6) is 5.75 Å². The van der Waals surface area contributed by atoms with Gasteiger partial charge in [-0.2, -0.15) is 0 Å². The minimum Gasteiger partial charge on any atom is -0.496 e. The van der Waals surface area contributed by atoms with E-state index in [0.717, 1.165) is 35.7 Å². The average molecular weight is 248 g/mol. The first-order chi connectivity index (χ1) is 8.51. The summed E-state index contributed by atoms with van der Waals surface area (Å²) in [7, 11) is 1.68. The molecule has 3 heteroatoms. The molecule has 0 spiro atoms. The Labute approximate surface area is 110 Å². The van der Waals surface area contributed by atoms with Crippen LogP contribution in [-0.4, -0.2) is 20.2 Å². The van der Waals surface area contributed by atoms with Gasteiger partial charge in [-0.1, -0.05) is 18.2 Å². The van der Waals surface area contributed by atoms with Gasteiger partial charge < -0.3 is 15.4 Å². The number of nitrogens with zero attached hydrogens (tertiary/aromatic N) is 1. The van der Waals surface area contributed by atoms with Gasteiger partial charge in [-0.05, 0) is 32.9 Å². The Morgan fingerprint density at radius 3 is 2.61 bits per heavy atom. The molecule has 0 bridgehead atoms. The van der Waals surface area contributed by atoms with E-state index in [9.17, 15) is 0 Å². The Hall–Kier alpha value is -1.48. The van der Waals surface area contributed by atoms with Crippen LogP contribution < -0.4 is 15.4 Å². The molecule has 0 aromatic heterocycles. The van der Waals surface area contributed by atoms with Crippen LogP contribution >= 0.6 is 0 Å². The fourth-order valence-electron chi connectivity index (χ4n) is 2.14. The molecular formula is C15H24N2O. The molecule has 0 heterocycles. The first kappa shape index (κ1) is 14.6. The van der Waals surface area contributed by atoms with E-state index in [1.54, 1.807) is 7.11 Å². The van der Waals surface area contributed by atoms with Gasteiger partial charge in [0.15, 0.2) is 0 Å². The lowest BCUT2D eigenvalue weighted by atomic mass is 10.0. The van der Waals surface area contributed by atoms with E-state index >= 15 is 0 Å². The summed E-state index contributed by atoms with van der Waals surface area (Å²) in [6.45, 7) is 11.9. The molecule has 0 fully saturated rings. The quantitative estimate of drug-likeness (QED) is 0.786. The van der Waals surface area contributed by atoms with Crippen LogP contribution in [0.4, 0.5) is 5.69 Å². The number of likely N-dealkylation sites (N-methyl/N-ethyl adjacent to an activating group) is 1. The fraction of sp³-hybridized carbons (Fsp3) is 0.467. The third-order valence-corrected chi connectivity index (χ3v) is 2.90. The fourth-order valence-corrected chi connectivity index (χ4v) is 2.14. The molecule has 0 aliphatic heterocycles. The molecule has 0 aliphatic rings. The molecule has 1 aromatic carbocycles. The van der Waals surface area contributed by atoms with Crippen LogP contribution in [0.3, 0.4) is 0 Å². The summed E-state index contributed by atoms with van der Waals surface area (Å²) in [5.41, 5.74) is 9.41. The number of nitrogens with two attached hydrogens (primary N) is 1. The van der Waals surface area contributed by atoms with E-state index in [1.807, 2.05) is 26.0 Å². The van der Waals surface area contributed by atoms with Gasteiger partial charge in [-0.15, -0.1) is 0 Å². The van der Waals surface area contributed by atoms with Gasteiger partial charge in [-0.3, -0.25) is 0 Å². The number of hydrogen-bond donors (Lipinski definition) is 1. The zero-order chi connectivity index (χ0) is 13.7. The summed E-state index contributed by atoms with van der Waals surface area (Å²) in [5.74, 6) is 0.850. The second-order valence-corrected chi connectivity index (χ2v) is 4.65. The van der Waals surface area contributed by atoms with Gasteiger partial charge in [0.1, 0.15) is 5.75 Å². The normalized spacial score (nSPS) is 12.1. The molecule has 0 saturated carbocycles. The highest BCUT2D eigenvalue weighted by Crippen LogP contribution is 2.33. The number of anilines is 1. The largest absolute Gasteiger partial charge is 0.496 e. The van der Waals surface area contributed by atoms with Crippen molar-refractivity contribution in [3.8, 4) is 5.75 Å². The first-order valence-corrected chi connectivity index (χ1v) is 6.33. The molecule has 3 nitrogen and oxygen atoms in total. The van der Waals surface area contributed by atoms with E-state index in [0.29, 0.717) is 0 Å². The molecule has 0 aliphatic carbocycles. The van der Waals surface area contributed by atoms with Crippen LogP contribution in [-0.2, 0) is 0 Å². The standard InChI is InChI=1S/C15H24N2O/c1-6-17(10-11(2)3)13-8-7-9-14(18-5)15(13)12(4)16/h7-9,12H,2,6,10,16H2,1,3-5H3/t12-/m1/s1. The van der Waals surface area contributed by atoms with Gasteiger partial charge in [0.2, 0.25) is 0 Å². The van der Waals surface area contributed by atoms with Crippen molar-refractivity contribution >= 4 is 5.69 Å². The maximum absolute atomic E-state index is 6.09. The Morgan fingerprint density at radius 2 is 2.17 bits per heavy atom. The SMILES string of the molecule is C=C(C)CN(CC)c1cccc(OC)c1[C@@H](C)N. The highest BCUT2D eigenvalue weighted by molar-refractivity contribution is 5.61. The van der Waals surface area contributed by atoms with Crippen LogP contribution in [0.1, 0.15) is 32.4 Å². The average Bonchev–Trinajstić information content (AvgIpc) is 2.34. The van der Waals surface area contributed by atoms with Crippen molar-refractivity contribution in [2.24, 2.45) is 5.73 Å². The molecular weight excluding hydrogens is 224 g/mol. The molecule has 1 rings (SSSR count). The van der Waals surface area contributed by atoms with Crippen LogP contribution in [0.15, 0.2) is 30.4 Å². The smallest absolute Gasteiger partial charge is 0.125 e. The minimum absolute atomic E-state index is 0.0599. The lowest BCUT2D eigenvalue weighted by Crippen LogP contribution is -2.27. The van der Waals surface area contributed by atoms with Gasteiger partial charge >= 0.3 is 0 Å². The highest BCUT2D eigenvalue weighted by Gasteiger charge is 2.17. The van der Waals surface area contributed by atoms with Crippen LogP contribution in [0.25, 0.3) is 0 Å². The molecule has 100 valence electrons. The number of hydrogen-bond acceptors (Lipinski definition) is 3. The summed E-state index contributed by atoms with van der Waals surface area (Å²) in [4.78, 5) is 2.27. The Morgan fingerprint density at radius 1 is 1.50 bits per heavy atom. The minimum atomic E-state index is -0.0599. The van der Waals surface area contributed by atoms with E-state index in [4.69, 9.17) is 10.5 Å². The topological polar surface area (TPSA) is 38.5 Å². The summed E-state index contributed by atoms with van der Waals surface area (Å²) >= 11 is 0. The van der Waals surface area contributed by atoms with Crippen molar-refractivity contribution < 1.29 is 4.74 Å². The zero-order valence-corrected chi connectivity index (χ0v) is 11.9. The molecule has 0 saturated heterocycles. The molecule has 0 radical (unpaired) electrons. The second kappa shape index (κ2) is 6.45. The van der Waals surface area contributed by atoms with Crippen LogP contribution in [0, 0.1) is 0 Å². The van der Waals surface area contributed by atoms with Crippen LogP contribution in [0.2, 0.25) is 0 Å². The molecule has 18 heavy (non-hydrogen) atoms. The van der Waals surface area contributed by atoms with E-state index in [2.05, 4.69) is 24.5 Å². The van der Waals surface area contributed by atoms with E-state index < -0.39 is 0 Å². The summed E-state index contributed by atoms with van der Waals surface area (Å²) < 4.78 is 5.42. The first-order valence-electron chi connectivity index (χ1n) is 6.33. The van der Waals surface area contributed by atoms with E-state index in [1.165, 1.54) is 0 Å². The summed E-state index contributed by atoms with van der Waals surface area (Å²) in [6, 6.07) is 5.99. The molecule has 1 atom stereocenters. The molecule has 2 N–H and O–H groups in total. The van der Waals surface area contributed by atoms with E-state index in [-0.39, 0.29) is 6.04 Å². The third-order valence-electron chi connectivity index (χ3n) is 2.90. The Kier molecular flexibility index (Phi) is 5.23. The molecule has 0 unspecified atom stereocenters. The predicted octanol–water partition coefficient (Wildman–Crippen LogP) is 3.12. The number of benzene rings is 1. The molecule has 0 amide bonds. The number of rotatable bonds is 6. The Balaban J connectivity index is 3.24. The predicted molar refractivity (Wildman–Crippen MR) is 78.3 cm³/mol. The lowest BCUT2D eigenvalue weighted by molar-refractivity contribution is 0.407. The van der Waals surface area contributed by atoms with Gasteiger partial charge in [0.05, 0.1) is 7.11 Å². The molecule has 1 aromatic rings. The highest BCUT2D eigenvalue weighted by atomic mass is 16.5. The van der Waals surface area contributed by atoms with Crippen molar-refractivity contribution in [2.75, 3.05) is 25.1 Å². The maximum Gasteiger partial charge on any atom is 0.125 e. The van der Waals surface area contributed by atoms with Gasteiger partial charge in [0, 0.05) is 30.4 Å². The van der Waals surface area contributed by atoms with Crippen molar-refractivity contribution in [1.29, 1.82) is 0 Å². The number of methoxy groups -OCH3 is 1. The van der Waals surface area contributed by atoms with Crippen molar-refractivity contribution in [3.63, 3.8) is 0 Å². The van der Waals surface area contributed by atoms with Crippen molar-refractivity contribution in [2.45, 2.75) is 26.8 Å². The number of ether oxygens (including phenoxy) is 1. The summed E-state index contributed by atoms with van der Waals surface area (Å²) in [5, 5.41) is 0. The Bertz CT molecular complexity index is 413.